The first-order valence-electron chi connectivity index (χ1n) is 11.8. The summed E-state index contributed by atoms with van der Waals surface area (Å²) in [5.41, 5.74) is 6.28. The highest BCUT2D eigenvalue weighted by atomic mass is 19.4. The fourth-order valence-electron chi connectivity index (χ4n) is 3.56. The largest absolute Gasteiger partial charge is 0.494 e. The second kappa shape index (κ2) is 10.6. The smallest absolute Gasteiger partial charge is 0.419 e. The van der Waals surface area contributed by atoms with Gasteiger partial charge < -0.3 is 20.5 Å². The third-order valence-corrected chi connectivity index (χ3v) is 5.29. The summed E-state index contributed by atoms with van der Waals surface area (Å²) in [6.07, 6.45) is -1.62. The number of nitrogens with one attached hydrogen (secondary N) is 1. The lowest BCUT2D eigenvalue weighted by Crippen LogP contribution is -2.33. The highest BCUT2D eigenvalue weighted by Gasteiger charge is 2.34. The van der Waals surface area contributed by atoms with Gasteiger partial charge in [0.2, 0.25) is 0 Å². The molecule has 0 aliphatic heterocycles. The van der Waals surface area contributed by atoms with Gasteiger partial charge in [0, 0.05) is 23.9 Å². The molecule has 1 amide bonds. The maximum atomic E-state index is 13.3. The van der Waals surface area contributed by atoms with E-state index in [1.54, 1.807) is 55.7 Å². The van der Waals surface area contributed by atoms with Crippen LogP contribution in [0.2, 0.25) is 0 Å². The number of carbonyl (C=O) groups is 1. The van der Waals surface area contributed by atoms with E-state index >= 15 is 0 Å². The molecule has 0 atom stereocenters. The number of imidazole rings is 1. The summed E-state index contributed by atoms with van der Waals surface area (Å²) in [6, 6.07) is 11.4. The number of rotatable bonds is 7. The molecule has 0 spiro atoms. The van der Waals surface area contributed by atoms with Crippen molar-refractivity contribution in [2.75, 3.05) is 18.9 Å². The number of nitrogens with two attached hydrogens (primary N) is 1. The number of hydrogen-bond donors (Lipinski definition) is 2. The van der Waals surface area contributed by atoms with E-state index in [1.807, 2.05) is 12.1 Å². The van der Waals surface area contributed by atoms with Gasteiger partial charge in [0.1, 0.15) is 17.2 Å². The summed E-state index contributed by atoms with van der Waals surface area (Å²) >= 11 is 0. The van der Waals surface area contributed by atoms with Gasteiger partial charge in [0.25, 0.3) is 0 Å². The van der Waals surface area contributed by atoms with Crippen LogP contribution in [-0.2, 0) is 10.9 Å². The Bertz CT molecular complexity index is 1430. The van der Waals surface area contributed by atoms with Gasteiger partial charge in [-0.2, -0.15) is 18.3 Å². The Labute approximate surface area is 216 Å². The van der Waals surface area contributed by atoms with Crippen LogP contribution in [0.5, 0.6) is 5.75 Å². The highest BCUT2D eigenvalue weighted by Crippen LogP contribution is 2.35. The van der Waals surface area contributed by atoms with E-state index in [4.69, 9.17) is 15.2 Å². The Morgan fingerprint density at radius 1 is 1.03 bits per heavy atom. The Morgan fingerprint density at radius 3 is 2.45 bits per heavy atom. The van der Waals surface area contributed by atoms with Gasteiger partial charge in [-0.1, -0.05) is 0 Å². The molecule has 1 aromatic carbocycles. The second-order valence-electron chi connectivity index (χ2n) is 9.44. The minimum Gasteiger partial charge on any atom is -0.494 e. The van der Waals surface area contributed by atoms with E-state index in [0.717, 1.165) is 11.6 Å². The number of benzene rings is 1. The number of anilines is 1. The number of pyridine rings is 1. The van der Waals surface area contributed by atoms with E-state index < -0.39 is 29.3 Å². The number of ether oxygens (including phenoxy) is 2. The molecule has 12 heteroatoms. The van der Waals surface area contributed by atoms with E-state index in [-0.39, 0.29) is 11.3 Å². The van der Waals surface area contributed by atoms with Gasteiger partial charge in [0.05, 0.1) is 29.8 Å². The molecule has 9 nitrogen and oxygen atoms in total. The van der Waals surface area contributed by atoms with Crippen molar-refractivity contribution in [2.45, 2.75) is 39.0 Å². The number of amides is 1. The van der Waals surface area contributed by atoms with E-state index in [2.05, 4.69) is 20.4 Å². The van der Waals surface area contributed by atoms with Crippen molar-refractivity contribution in [1.29, 1.82) is 0 Å². The molecule has 0 aliphatic carbocycles. The van der Waals surface area contributed by atoms with Gasteiger partial charge in [-0.3, -0.25) is 0 Å². The molecule has 3 N–H and O–H groups in total. The Morgan fingerprint density at radius 2 is 1.76 bits per heavy atom. The lowest BCUT2D eigenvalue weighted by molar-refractivity contribution is -0.137. The van der Waals surface area contributed by atoms with Crippen molar-refractivity contribution < 1.29 is 27.4 Å². The van der Waals surface area contributed by atoms with Gasteiger partial charge in [-0.15, -0.1) is 0 Å². The number of nitrogen functional groups attached to an aromatic ring is 1. The SMILES string of the molecule is CC(C)(C)OC(=O)NCCCOc1ccc(-c2cnc3ccc(-c4cnc(N)c(C(F)(F)F)c4)nn23)cc1. The van der Waals surface area contributed by atoms with Crippen molar-refractivity contribution in [2.24, 2.45) is 0 Å². The van der Waals surface area contributed by atoms with Crippen molar-refractivity contribution in [3.05, 3.63) is 60.4 Å². The number of alkyl carbamates (subject to hydrolysis) is 1. The quantitative estimate of drug-likeness (QED) is 0.311. The Kier molecular flexibility index (Phi) is 7.42. The minimum atomic E-state index is -4.63. The summed E-state index contributed by atoms with van der Waals surface area (Å²) in [6.45, 7) is 6.20. The maximum absolute atomic E-state index is 13.3. The minimum absolute atomic E-state index is 0.179. The standard InChI is InChI=1S/C26H27F3N6O3/c1-25(2,3)38-24(36)31-11-4-12-37-18-7-5-16(6-8-18)21-15-32-22-10-9-20(34-35(21)22)17-13-19(26(27,28)29)23(30)33-14-17/h5-10,13-15H,4,11-12H2,1-3H3,(H2,30,33)(H,31,36). The zero-order valence-corrected chi connectivity index (χ0v) is 21.0. The molecule has 4 aromatic rings. The number of nitrogens with zero attached hydrogens (tertiary/aromatic N) is 4. The Hall–Kier alpha value is -4.35. The number of fused-ring (bicyclic) bond motifs is 1. The fraction of sp³-hybridized carbons (Fsp3) is 0.308. The van der Waals surface area contributed by atoms with Crippen LogP contribution in [0.25, 0.3) is 28.2 Å². The lowest BCUT2D eigenvalue weighted by atomic mass is 10.1. The molecule has 0 bridgehead atoms. The van der Waals surface area contributed by atoms with Crippen LogP contribution in [0.4, 0.5) is 23.8 Å². The fourth-order valence-corrected chi connectivity index (χ4v) is 3.56. The molecule has 0 saturated carbocycles. The molecule has 0 fully saturated rings. The number of hydrogen-bond acceptors (Lipinski definition) is 7. The molecule has 0 saturated heterocycles. The predicted molar refractivity (Wildman–Crippen MR) is 135 cm³/mol. The lowest BCUT2D eigenvalue weighted by Gasteiger charge is -2.19. The van der Waals surface area contributed by atoms with Crippen molar-refractivity contribution in [1.82, 2.24) is 24.9 Å². The van der Waals surface area contributed by atoms with Gasteiger partial charge in [0.15, 0.2) is 5.65 Å². The normalized spacial score (nSPS) is 11.9. The summed E-state index contributed by atoms with van der Waals surface area (Å²) in [5, 5.41) is 7.17. The van der Waals surface area contributed by atoms with E-state index in [1.165, 1.54) is 6.20 Å². The Balaban J connectivity index is 1.43. The van der Waals surface area contributed by atoms with Crippen molar-refractivity contribution in [3.63, 3.8) is 0 Å². The summed E-state index contributed by atoms with van der Waals surface area (Å²) in [7, 11) is 0. The highest BCUT2D eigenvalue weighted by molar-refractivity contribution is 5.68. The molecular weight excluding hydrogens is 501 g/mol. The molecule has 0 radical (unpaired) electrons. The first kappa shape index (κ1) is 26.7. The maximum Gasteiger partial charge on any atom is 0.419 e. The zero-order valence-electron chi connectivity index (χ0n) is 21.0. The molecule has 3 heterocycles. The summed E-state index contributed by atoms with van der Waals surface area (Å²) < 4.78 is 52.3. The van der Waals surface area contributed by atoms with Crippen LogP contribution < -0.4 is 15.8 Å². The third kappa shape index (κ3) is 6.50. The van der Waals surface area contributed by atoms with Crippen LogP contribution >= 0.6 is 0 Å². The monoisotopic (exact) mass is 528 g/mol. The van der Waals surface area contributed by atoms with Crippen molar-refractivity contribution >= 4 is 17.6 Å². The molecular formula is C26H27F3N6O3. The topological polar surface area (TPSA) is 117 Å². The van der Waals surface area contributed by atoms with Gasteiger partial charge in [-0.25, -0.2) is 19.3 Å². The van der Waals surface area contributed by atoms with Crippen molar-refractivity contribution in [3.8, 4) is 28.3 Å². The van der Waals surface area contributed by atoms with Gasteiger partial charge >= 0.3 is 12.3 Å². The molecule has 3 aromatic heterocycles. The van der Waals surface area contributed by atoms with E-state index in [9.17, 15) is 18.0 Å². The zero-order chi connectivity index (χ0) is 27.5. The summed E-state index contributed by atoms with van der Waals surface area (Å²) in [5.74, 6) is 0.0494. The van der Waals surface area contributed by atoms with Crippen LogP contribution in [0.1, 0.15) is 32.8 Å². The van der Waals surface area contributed by atoms with E-state index in [0.29, 0.717) is 36.7 Å². The average molecular weight is 529 g/mol. The number of alkyl halides is 3. The molecule has 200 valence electrons. The van der Waals surface area contributed by atoms with Crippen LogP contribution in [0.15, 0.2) is 54.9 Å². The molecule has 0 aliphatic rings. The first-order valence-corrected chi connectivity index (χ1v) is 11.8. The number of aromatic nitrogens is 4. The average Bonchev–Trinajstić information content (AvgIpc) is 3.26. The van der Waals surface area contributed by atoms with Crippen LogP contribution in [0.3, 0.4) is 0 Å². The van der Waals surface area contributed by atoms with Crippen LogP contribution in [0, 0.1) is 0 Å². The number of carbonyl (C=O) groups excluding carboxylic acids is 1. The predicted octanol–water partition coefficient (Wildman–Crippen LogP) is 5.35. The molecule has 0 unspecified atom stereocenters. The molecule has 4 rings (SSSR count). The summed E-state index contributed by atoms with van der Waals surface area (Å²) in [4.78, 5) is 19.7. The van der Waals surface area contributed by atoms with Crippen LogP contribution in [-0.4, -0.2) is 44.4 Å². The van der Waals surface area contributed by atoms with Gasteiger partial charge in [-0.05, 0) is 69.7 Å². The molecule has 38 heavy (non-hydrogen) atoms. The number of halogens is 3. The second-order valence-corrected chi connectivity index (χ2v) is 9.44. The third-order valence-electron chi connectivity index (χ3n) is 5.29. The first-order chi connectivity index (χ1) is 17.9.